The smallest absolute Gasteiger partial charge is 0.162 e. The van der Waals surface area contributed by atoms with Crippen LogP contribution in [0.1, 0.15) is 0 Å². The third-order valence-electron chi connectivity index (χ3n) is 2.16. The normalized spacial score (nSPS) is 10.9. The van der Waals surface area contributed by atoms with Gasteiger partial charge in [-0.05, 0) is 12.1 Å². The van der Waals surface area contributed by atoms with E-state index in [1.54, 1.807) is 17.2 Å². The monoisotopic (exact) mass is 184 g/mol. The Balaban J connectivity index is 2.28. The molecule has 0 saturated heterocycles. The van der Waals surface area contributed by atoms with E-state index < -0.39 is 0 Å². The number of nitrogens with zero attached hydrogens (tertiary/aromatic N) is 4. The molecule has 4 heteroatoms. The summed E-state index contributed by atoms with van der Waals surface area (Å²) in [6, 6.07) is 12.0. The standard InChI is InChI=1S/C10H8N4/c1-2-4-9(5-3-1)13-8-12-14-10(13)6-7-11-14/h1-8H. The highest BCUT2D eigenvalue weighted by Crippen LogP contribution is 2.10. The van der Waals surface area contributed by atoms with E-state index in [1.165, 1.54) is 0 Å². The Labute approximate surface area is 80.4 Å². The van der Waals surface area contributed by atoms with Crippen LogP contribution >= 0.6 is 0 Å². The molecule has 0 saturated carbocycles. The van der Waals surface area contributed by atoms with Crippen LogP contribution in [0.2, 0.25) is 0 Å². The van der Waals surface area contributed by atoms with Gasteiger partial charge in [-0.1, -0.05) is 18.2 Å². The van der Waals surface area contributed by atoms with Crippen molar-refractivity contribution in [2.75, 3.05) is 0 Å². The molecule has 68 valence electrons. The molecule has 0 unspecified atom stereocenters. The van der Waals surface area contributed by atoms with E-state index in [2.05, 4.69) is 10.2 Å². The predicted octanol–water partition coefficient (Wildman–Crippen LogP) is 1.52. The summed E-state index contributed by atoms with van der Waals surface area (Å²) in [5.74, 6) is 0. The second-order valence-corrected chi connectivity index (χ2v) is 3.02. The fourth-order valence-corrected chi connectivity index (χ4v) is 1.50. The minimum Gasteiger partial charge on any atom is -0.282 e. The van der Waals surface area contributed by atoms with Gasteiger partial charge in [0.1, 0.15) is 6.33 Å². The molecule has 3 rings (SSSR count). The van der Waals surface area contributed by atoms with Crippen LogP contribution in [0.5, 0.6) is 0 Å². The van der Waals surface area contributed by atoms with Crippen molar-refractivity contribution in [1.82, 2.24) is 19.4 Å². The lowest BCUT2D eigenvalue weighted by atomic mass is 10.3. The molecule has 0 spiro atoms. The van der Waals surface area contributed by atoms with Crippen LogP contribution in [0.4, 0.5) is 0 Å². The van der Waals surface area contributed by atoms with E-state index >= 15 is 0 Å². The molecule has 0 amide bonds. The summed E-state index contributed by atoms with van der Waals surface area (Å²) in [7, 11) is 0. The van der Waals surface area contributed by atoms with E-state index in [4.69, 9.17) is 0 Å². The summed E-state index contributed by atoms with van der Waals surface area (Å²) in [5.41, 5.74) is 2.06. The first-order chi connectivity index (χ1) is 6.95. The van der Waals surface area contributed by atoms with Crippen LogP contribution in [0.3, 0.4) is 0 Å². The molecule has 0 atom stereocenters. The first kappa shape index (κ1) is 7.32. The maximum absolute atomic E-state index is 4.12. The lowest BCUT2D eigenvalue weighted by Gasteiger charge is -1.99. The molecule has 0 radical (unpaired) electrons. The number of benzene rings is 1. The fraction of sp³-hybridized carbons (Fsp3) is 0. The van der Waals surface area contributed by atoms with Crippen molar-refractivity contribution in [2.24, 2.45) is 0 Å². The van der Waals surface area contributed by atoms with Crippen LogP contribution in [0, 0.1) is 0 Å². The first-order valence-corrected chi connectivity index (χ1v) is 4.38. The molecule has 4 nitrogen and oxygen atoms in total. The van der Waals surface area contributed by atoms with E-state index in [1.807, 2.05) is 41.0 Å². The number of hydrogen-bond donors (Lipinski definition) is 0. The van der Waals surface area contributed by atoms with Gasteiger partial charge in [0, 0.05) is 11.8 Å². The van der Waals surface area contributed by atoms with Crippen molar-refractivity contribution >= 4 is 5.65 Å². The van der Waals surface area contributed by atoms with Gasteiger partial charge in [-0.3, -0.25) is 4.57 Å². The van der Waals surface area contributed by atoms with Gasteiger partial charge in [-0.25, -0.2) is 0 Å². The summed E-state index contributed by atoms with van der Waals surface area (Å²) in [6.07, 6.45) is 3.50. The fourth-order valence-electron chi connectivity index (χ4n) is 1.50. The zero-order valence-corrected chi connectivity index (χ0v) is 7.41. The zero-order chi connectivity index (χ0) is 9.38. The minimum absolute atomic E-state index is 0.969. The van der Waals surface area contributed by atoms with Crippen molar-refractivity contribution in [3.8, 4) is 5.69 Å². The zero-order valence-electron chi connectivity index (χ0n) is 7.41. The first-order valence-electron chi connectivity index (χ1n) is 4.38. The SMILES string of the molecule is c1ccc(-n2cnn3nccc23)cc1. The third-order valence-corrected chi connectivity index (χ3v) is 2.16. The van der Waals surface area contributed by atoms with Crippen LogP contribution < -0.4 is 0 Å². The second-order valence-electron chi connectivity index (χ2n) is 3.02. The lowest BCUT2D eigenvalue weighted by molar-refractivity contribution is 0.821. The van der Waals surface area contributed by atoms with E-state index in [-0.39, 0.29) is 0 Å². The lowest BCUT2D eigenvalue weighted by Crippen LogP contribution is -1.91. The van der Waals surface area contributed by atoms with Crippen molar-refractivity contribution in [2.45, 2.75) is 0 Å². The van der Waals surface area contributed by atoms with Crippen molar-refractivity contribution < 1.29 is 0 Å². The number of rotatable bonds is 1. The predicted molar refractivity (Wildman–Crippen MR) is 52.3 cm³/mol. The van der Waals surface area contributed by atoms with Gasteiger partial charge < -0.3 is 0 Å². The maximum atomic E-state index is 4.12. The van der Waals surface area contributed by atoms with Gasteiger partial charge in [-0.15, -0.1) is 9.73 Å². The minimum atomic E-state index is 0.969. The van der Waals surface area contributed by atoms with Gasteiger partial charge in [0.05, 0.1) is 6.20 Å². The molecular formula is C10H8N4. The summed E-state index contributed by atoms with van der Waals surface area (Å²) < 4.78 is 3.60. The van der Waals surface area contributed by atoms with E-state index in [0.29, 0.717) is 0 Å². The Morgan fingerprint density at radius 1 is 0.929 bits per heavy atom. The van der Waals surface area contributed by atoms with Gasteiger partial charge in [-0.2, -0.15) is 5.10 Å². The van der Waals surface area contributed by atoms with E-state index in [9.17, 15) is 0 Å². The maximum Gasteiger partial charge on any atom is 0.162 e. The van der Waals surface area contributed by atoms with Gasteiger partial charge in [0.15, 0.2) is 5.65 Å². The second kappa shape index (κ2) is 2.70. The molecule has 1 aromatic carbocycles. The van der Waals surface area contributed by atoms with Gasteiger partial charge >= 0.3 is 0 Å². The Bertz CT molecular complexity index is 550. The molecule has 0 aliphatic carbocycles. The molecular weight excluding hydrogens is 176 g/mol. The molecule has 0 fully saturated rings. The van der Waals surface area contributed by atoms with Crippen LogP contribution in [-0.4, -0.2) is 19.4 Å². The summed E-state index contributed by atoms with van der Waals surface area (Å²) >= 11 is 0. The Hall–Kier alpha value is -2.10. The highest BCUT2D eigenvalue weighted by molar-refractivity contribution is 5.46. The van der Waals surface area contributed by atoms with Crippen molar-refractivity contribution in [1.29, 1.82) is 0 Å². The topological polar surface area (TPSA) is 35.1 Å². The number of hydrogen-bond acceptors (Lipinski definition) is 2. The molecule has 3 aromatic rings. The Morgan fingerprint density at radius 2 is 1.79 bits per heavy atom. The van der Waals surface area contributed by atoms with Gasteiger partial charge in [0.2, 0.25) is 0 Å². The number of aromatic nitrogens is 4. The Morgan fingerprint density at radius 3 is 2.64 bits per heavy atom. The van der Waals surface area contributed by atoms with Crippen LogP contribution in [0.15, 0.2) is 48.9 Å². The molecule has 0 bridgehead atoms. The number of para-hydroxylation sites is 1. The highest BCUT2D eigenvalue weighted by Gasteiger charge is 2.02. The van der Waals surface area contributed by atoms with Crippen molar-refractivity contribution in [3.63, 3.8) is 0 Å². The summed E-state index contributed by atoms with van der Waals surface area (Å²) in [6.45, 7) is 0. The molecule has 2 heterocycles. The van der Waals surface area contributed by atoms with Crippen molar-refractivity contribution in [3.05, 3.63) is 48.9 Å². The average molecular weight is 184 g/mol. The largest absolute Gasteiger partial charge is 0.282 e. The molecule has 2 aromatic heterocycles. The third kappa shape index (κ3) is 0.939. The average Bonchev–Trinajstić information content (AvgIpc) is 2.79. The van der Waals surface area contributed by atoms with Crippen LogP contribution in [-0.2, 0) is 0 Å². The van der Waals surface area contributed by atoms with Gasteiger partial charge in [0.25, 0.3) is 0 Å². The molecule has 14 heavy (non-hydrogen) atoms. The summed E-state index contributed by atoms with van der Waals surface area (Å²) in [4.78, 5) is 0. The van der Waals surface area contributed by atoms with E-state index in [0.717, 1.165) is 11.3 Å². The number of fused-ring (bicyclic) bond motifs is 1. The molecule has 0 aliphatic rings. The Kier molecular flexibility index (Phi) is 1.41. The summed E-state index contributed by atoms with van der Waals surface area (Å²) in [5, 5.41) is 8.17. The highest BCUT2D eigenvalue weighted by atomic mass is 15.5. The quantitative estimate of drug-likeness (QED) is 0.574. The van der Waals surface area contributed by atoms with Crippen LogP contribution in [0.25, 0.3) is 11.3 Å². The molecule has 0 aliphatic heterocycles. The molecule has 0 N–H and O–H groups in total.